The predicted molar refractivity (Wildman–Crippen MR) is 86.9 cm³/mol. The maximum Gasteiger partial charge on any atom is 0.244 e. The minimum Gasteiger partial charge on any atom is -0.370 e. The normalized spacial score (nSPS) is 12.4. The molecule has 0 bridgehead atoms. The fourth-order valence-corrected chi connectivity index (χ4v) is 2.54. The molecule has 0 heterocycles. The Morgan fingerprint density at radius 3 is 2.05 bits per heavy atom. The SMILES string of the molecule is CS(=O)(=O)Nc1ccc(NC(C(N)=O)c2ccccc2)cc1. The van der Waals surface area contributed by atoms with Crippen LogP contribution < -0.4 is 15.8 Å². The summed E-state index contributed by atoms with van der Waals surface area (Å²) in [7, 11) is -3.31. The van der Waals surface area contributed by atoms with Crippen LogP contribution in [0.25, 0.3) is 0 Å². The van der Waals surface area contributed by atoms with Gasteiger partial charge >= 0.3 is 0 Å². The Bertz CT molecular complexity index is 743. The second kappa shape index (κ2) is 6.48. The third-order valence-electron chi connectivity index (χ3n) is 2.92. The van der Waals surface area contributed by atoms with Gasteiger partial charge in [0, 0.05) is 11.4 Å². The lowest BCUT2D eigenvalue weighted by atomic mass is 10.1. The van der Waals surface area contributed by atoms with Gasteiger partial charge in [0.2, 0.25) is 15.9 Å². The fraction of sp³-hybridized carbons (Fsp3) is 0.133. The lowest BCUT2D eigenvalue weighted by molar-refractivity contribution is -0.118. The number of nitrogens with one attached hydrogen (secondary N) is 2. The highest BCUT2D eigenvalue weighted by Crippen LogP contribution is 2.21. The van der Waals surface area contributed by atoms with Gasteiger partial charge in [0.1, 0.15) is 6.04 Å². The van der Waals surface area contributed by atoms with Crippen LogP contribution in [0.1, 0.15) is 11.6 Å². The Morgan fingerprint density at radius 1 is 1.00 bits per heavy atom. The molecule has 1 atom stereocenters. The van der Waals surface area contributed by atoms with E-state index < -0.39 is 22.0 Å². The Balaban J connectivity index is 2.16. The highest BCUT2D eigenvalue weighted by atomic mass is 32.2. The van der Waals surface area contributed by atoms with E-state index in [4.69, 9.17) is 5.73 Å². The van der Waals surface area contributed by atoms with Gasteiger partial charge in [0.15, 0.2) is 0 Å². The van der Waals surface area contributed by atoms with Crippen molar-refractivity contribution in [3.05, 3.63) is 60.2 Å². The molecule has 2 rings (SSSR count). The van der Waals surface area contributed by atoms with Crippen molar-refractivity contribution >= 4 is 27.3 Å². The molecule has 0 saturated heterocycles. The number of amides is 1. The van der Waals surface area contributed by atoms with Crippen LogP contribution in [0.2, 0.25) is 0 Å². The van der Waals surface area contributed by atoms with Crippen LogP contribution in [-0.4, -0.2) is 20.6 Å². The van der Waals surface area contributed by atoms with Gasteiger partial charge in [-0.25, -0.2) is 8.42 Å². The first-order valence-corrected chi connectivity index (χ1v) is 8.43. The molecule has 2 aromatic rings. The van der Waals surface area contributed by atoms with Crippen LogP contribution in [0.3, 0.4) is 0 Å². The monoisotopic (exact) mass is 319 g/mol. The first kappa shape index (κ1) is 15.8. The third kappa shape index (κ3) is 4.49. The summed E-state index contributed by atoms with van der Waals surface area (Å²) < 4.78 is 24.7. The van der Waals surface area contributed by atoms with Crippen molar-refractivity contribution in [1.82, 2.24) is 0 Å². The van der Waals surface area contributed by atoms with Crippen LogP contribution in [0.5, 0.6) is 0 Å². The molecule has 0 aliphatic rings. The number of benzene rings is 2. The zero-order valence-corrected chi connectivity index (χ0v) is 12.8. The summed E-state index contributed by atoms with van der Waals surface area (Å²) in [5.74, 6) is -0.496. The number of carbonyl (C=O) groups excluding carboxylic acids is 1. The Kier molecular flexibility index (Phi) is 4.67. The minimum absolute atomic E-state index is 0.448. The summed E-state index contributed by atoms with van der Waals surface area (Å²) in [6.45, 7) is 0. The molecule has 22 heavy (non-hydrogen) atoms. The van der Waals surface area contributed by atoms with Crippen molar-refractivity contribution in [2.45, 2.75) is 6.04 Å². The maximum absolute atomic E-state index is 11.6. The molecular formula is C15H17N3O3S. The van der Waals surface area contributed by atoms with Crippen LogP contribution in [0.15, 0.2) is 54.6 Å². The fourth-order valence-electron chi connectivity index (χ4n) is 1.98. The van der Waals surface area contributed by atoms with Gasteiger partial charge in [0.05, 0.1) is 6.26 Å². The number of hydrogen-bond donors (Lipinski definition) is 3. The molecule has 0 saturated carbocycles. The third-order valence-corrected chi connectivity index (χ3v) is 3.52. The number of sulfonamides is 1. The van der Waals surface area contributed by atoms with Crippen molar-refractivity contribution in [2.24, 2.45) is 5.73 Å². The van der Waals surface area contributed by atoms with Crippen LogP contribution in [0.4, 0.5) is 11.4 Å². The highest BCUT2D eigenvalue weighted by Gasteiger charge is 2.17. The summed E-state index contributed by atoms with van der Waals surface area (Å²) in [4.78, 5) is 11.6. The molecule has 0 aliphatic heterocycles. The molecule has 7 heteroatoms. The average Bonchev–Trinajstić information content (AvgIpc) is 2.45. The molecule has 0 fully saturated rings. The number of anilines is 2. The first-order chi connectivity index (χ1) is 10.3. The predicted octanol–water partition coefficient (Wildman–Crippen LogP) is 1.70. The van der Waals surface area contributed by atoms with Gasteiger partial charge in [-0.1, -0.05) is 30.3 Å². The molecule has 0 aliphatic carbocycles. The van der Waals surface area contributed by atoms with E-state index >= 15 is 0 Å². The quantitative estimate of drug-likeness (QED) is 0.754. The molecule has 6 nitrogen and oxygen atoms in total. The number of hydrogen-bond acceptors (Lipinski definition) is 4. The van der Waals surface area contributed by atoms with Crippen molar-refractivity contribution in [3.63, 3.8) is 0 Å². The van der Waals surface area contributed by atoms with E-state index in [0.717, 1.165) is 11.8 Å². The zero-order chi connectivity index (χ0) is 16.2. The highest BCUT2D eigenvalue weighted by molar-refractivity contribution is 7.92. The summed E-state index contributed by atoms with van der Waals surface area (Å²) in [5, 5.41) is 3.03. The Labute approximate surface area is 129 Å². The molecule has 4 N–H and O–H groups in total. The van der Waals surface area contributed by atoms with E-state index in [1.807, 2.05) is 30.3 Å². The van der Waals surface area contributed by atoms with Crippen molar-refractivity contribution in [1.29, 1.82) is 0 Å². The van der Waals surface area contributed by atoms with E-state index in [9.17, 15) is 13.2 Å². The van der Waals surface area contributed by atoms with Crippen LogP contribution >= 0.6 is 0 Å². The standard InChI is InChI=1S/C15H17N3O3S/c1-22(20,21)18-13-9-7-12(8-10-13)17-14(15(16)19)11-5-3-2-4-6-11/h2-10,14,17-18H,1H3,(H2,16,19). The summed E-state index contributed by atoms with van der Waals surface area (Å²) in [5.41, 5.74) is 7.30. The van der Waals surface area contributed by atoms with Gasteiger partial charge in [-0.15, -0.1) is 0 Å². The largest absolute Gasteiger partial charge is 0.370 e. The smallest absolute Gasteiger partial charge is 0.244 e. The topological polar surface area (TPSA) is 101 Å². The number of carbonyl (C=O) groups is 1. The van der Waals surface area contributed by atoms with E-state index in [1.54, 1.807) is 24.3 Å². The lowest BCUT2D eigenvalue weighted by Gasteiger charge is -2.17. The van der Waals surface area contributed by atoms with Gasteiger partial charge < -0.3 is 11.1 Å². The molecule has 0 radical (unpaired) electrons. The second-order valence-corrected chi connectivity index (χ2v) is 6.59. The van der Waals surface area contributed by atoms with E-state index in [1.165, 1.54) is 0 Å². The Morgan fingerprint density at radius 2 is 1.55 bits per heavy atom. The van der Waals surface area contributed by atoms with Gasteiger partial charge in [-0.3, -0.25) is 9.52 Å². The summed E-state index contributed by atoms with van der Waals surface area (Å²) in [6.07, 6.45) is 1.08. The molecule has 0 spiro atoms. The Hall–Kier alpha value is -2.54. The van der Waals surface area contributed by atoms with Crippen LogP contribution in [-0.2, 0) is 14.8 Å². The van der Waals surface area contributed by atoms with E-state index in [-0.39, 0.29) is 0 Å². The maximum atomic E-state index is 11.6. The zero-order valence-electron chi connectivity index (χ0n) is 12.0. The molecular weight excluding hydrogens is 302 g/mol. The number of rotatable bonds is 6. The molecule has 2 aromatic carbocycles. The molecule has 1 amide bonds. The summed E-state index contributed by atoms with van der Waals surface area (Å²) in [6, 6.07) is 15.0. The van der Waals surface area contributed by atoms with Gasteiger partial charge in [0.25, 0.3) is 0 Å². The van der Waals surface area contributed by atoms with Crippen molar-refractivity contribution < 1.29 is 13.2 Å². The van der Waals surface area contributed by atoms with Crippen molar-refractivity contribution in [3.8, 4) is 0 Å². The minimum atomic E-state index is -3.31. The number of nitrogens with two attached hydrogens (primary N) is 1. The molecule has 116 valence electrons. The average molecular weight is 319 g/mol. The van der Waals surface area contributed by atoms with Crippen molar-refractivity contribution in [2.75, 3.05) is 16.3 Å². The van der Waals surface area contributed by atoms with Gasteiger partial charge in [-0.2, -0.15) is 0 Å². The van der Waals surface area contributed by atoms with E-state index in [0.29, 0.717) is 11.4 Å². The molecule has 0 aromatic heterocycles. The first-order valence-electron chi connectivity index (χ1n) is 6.54. The molecule has 1 unspecified atom stereocenters. The van der Waals surface area contributed by atoms with Gasteiger partial charge in [-0.05, 0) is 29.8 Å². The lowest BCUT2D eigenvalue weighted by Crippen LogP contribution is -2.27. The van der Waals surface area contributed by atoms with E-state index in [2.05, 4.69) is 10.0 Å². The number of primary amides is 1. The van der Waals surface area contributed by atoms with Crippen LogP contribution in [0, 0.1) is 0 Å². The summed E-state index contributed by atoms with van der Waals surface area (Å²) >= 11 is 0. The second-order valence-electron chi connectivity index (χ2n) is 4.84.